The number of nitrogens with two attached hydrogens (primary N) is 1. The highest BCUT2D eigenvalue weighted by molar-refractivity contribution is 7.09. The van der Waals surface area contributed by atoms with Crippen molar-refractivity contribution in [1.29, 1.82) is 0 Å². The first-order valence-corrected chi connectivity index (χ1v) is 6.98. The van der Waals surface area contributed by atoms with Gasteiger partial charge in [0.05, 0.1) is 5.01 Å². The van der Waals surface area contributed by atoms with Crippen molar-refractivity contribution in [3.05, 3.63) is 16.1 Å². The number of amides is 1. The summed E-state index contributed by atoms with van der Waals surface area (Å²) in [6, 6.07) is 0. The van der Waals surface area contributed by atoms with Crippen LogP contribution in [0.5, 0.6) is 0 Å². The van der Waals surface area contributed by atoms with Gasteiger partial charge >= 0.3 is 0 Å². The van der Waals surface area contributed by atoms with Crippen molar-refractivity contribution < 1.29 is 4.79 Å². The van der Waals surface area contributed by atoms with Crippen molar-refractivity contribution in [3.63, 3.8) is 0 Å². The lowest BCUT2D eigenvalue weighted by Crippen LogP contribution is -2.39. The maximum atomic E-state index is 11.8. The van der Waals surface area contributed by atoms with Gasteiger partial charge in [0.2, 0.25) is 5.91 Å². The number of aromatic nitrogens is 1. The summed E-state index contributed by atoms with van der Waals surface area (Å²) in [5.74, 6) is 0.606. The number of hydrogen-bond acceptors (Lipinski definition) is 4. The summed E-state index contributed by atoms with van der Waals surface area (Å²) >= 11 is 1.71. The second kappa shape index (κ2) is 8.74. The number of rotatable bonds is 3. The highest BCUT2D eigenvalue weighted by atomic mass is 35.5. The summed E-state index contributed by atoms with van der Waals surface area (Å²) in [5, 5.41) is 3.25. The monoisotopic (exact) mass is 325 g/mol. The Morgan fingerprint density at radius 1 is 1.58 bits per heavy atom. The van der Waals surface area contributed by atoms with E-state index >= 15 is 0 Å². The molecule has 110 valence electrons. The van der Waals surface area contributed by atoms with Crippen LogP contribution in [0.2, 0.25) is 0 Å². The van der Waals surface area contributed by atoms with Gasteiger partial charge in [-0.2, -0.15) is 0 Å². The predicted octanol–water partition coefficient (Wildman–Crippen LogP) is 2.35. The van der Waals surface area contributed by atoms with E-state index in [1.807, 2.05) is 11.8 Å². The van der Waals surface area contributed by atoms with Gasteiger partial charge in [0, 0.05) is 43.0 Å². The van der Waals surface area contributed by atoms with E-state index in [-0.39, 0.29) is 30.7 Å². The number of nitrogens with zero attached hydrogens (tertiary/aromatic N) is 2. The molecule has 0 bridgehead atoms. The van der Waals surface area contributed by atoms with Crippen molar-refractivity contribution in [1.82, 2.24) is 9.88 Å². The molecule has 1 aliphatic rings. The number of aryl methyl sites for hydroxylation is 1. The van der Waals surface area contributed by atoms with Crippen LogP contribution in [-0.2, 0) is 4.79 Å². The maximum Gasteiger partial charge on any atom is 0.223 e. The average molecular weight is 326 g/mol. The number of carbonyl (C=O) groups excluding carboxylic acids is 1. The van der Waals surface area contributed by atoms with E-state index in [0.29, 0.717) is 18.9 Å². The SMILES string of the molecule is Cc1csc(C2CCCN(C(=O)CCN)C2)n1.Cl.Cl. The van der Waals surface area contributed by atoms with Crippen LogP contribution in [0, 0.1) is 6.92 Å². The van der Waals surface area contributed by atoms with Crippen LogP contribution >= 0.6 is 36.2 Å². The van der Waals surface area contributed by atoms with Gasteiger partial charge in [-0.1, -0.05) is 0 Å². The van der Waals surface area contributed by atoms with Crippen molar-refractivity contribution in [3.8, 4) is 0 Å². The summed E-state index contributed by atoms with van der Waals surface area (Å²) in [7, 11) is 0. The second-order valence-corrected chi connectivity index (χ2v) is 5.43. The van der Waals surface area contributed by atoms with Crippen LogP contribution in [0.25, 0.3) is 0 Å². The molecule has 0 saturated carbocycles. The van der Waals surface area contributed by atoms with Gasteiger partial charge in [0.1, 0.15) is 0 Å². The zero-order valence-electron chi connectivity index (χ0n) is 11.0. The van der Waals surface area contributed by atoms with Crippen LogP contribution in [-0.4, -0.2) is 35.4 Å². The fourth-order valence-corrected chi connectivity index (χ4v) is 3.17. The third-order valence-electron chi connectivity index (χ3n) is 3.12. The molecule has 0 aromatic carbocycles. The van der Waals surface area contributed by atoms with E-state index in [1.54, 1.807) is 11.3 Å². The Hall–Kier alpha value is -0.360. The van der Waals surface area contributed by atoms with E-state index in [4.69, 9.17) is 5.73 Å². The lowest BCUT2D eigenvalue weighted by atomic mass is 9.98. The normalized spacial score (nSPS) is 18.4. The van der Waals surface area contributed by atoms with Gasteiger partial charge in [0.15, 0.2) is 0 Å². The minimum atomic E-state index is 0. The van der Waals surface area contributed by atoms with Crippen molar-refractivity contribution in [2.75, 3.05) is 19.6 Å². The molecular weight excluding hydrogens is 305 g/mol. The van der Waals surface area contributed by atoms with Crippen LogP contribution in [0.15, 0.2) is 5.38 Å². The maximum absolute atomic E-state index is 11.8. The lowest BCUT2D eigenvalue weighted by Gasteiger charge is -2.31. The summed E-state index contributed by atoms with van der Waals surface area (Å²) < 4.78 is 0. The fourth-order valence-electron chi connectivity index (χ4n) is 2.25. The molecule has 2 N–H and O–H groups in total. The number of likely N-dealkylation sites (tertiary alicyclic amines) is 1. The van der Waals surface area contributed by atoms with E-state index in [1.165, 1.54) is 5.01 Å². The zero-order chi connectivity index (χ0) is 12.3. The highest BCUT2D eigenvalue weighted by Crippen LogP contribution is 2.29. The number of halogens is 2. The summed E-state index contributed by atoms with van der Waals surface area (Å²) in [6.45, 7) is 4.14. The number of hydrogen-bond donors (Lipinski definition) is 1. The summed E-state index contributed by atoms with van der Waals surface area (Å²) in [5.41, 5.74) is 6.51. The van der Waals surface area contributed by atoms with Gasteiger partial charge in [-0.25, -0.2) is 4.98 Å². The van der Waals surface area contributed by atoms with Crippen LogP contribution in [0.3, 0.4) is 0 Å². The van der Waals surface area contributed by atoms with Gasteiger partial charge in [-0.3, -0.25) is 4.79 Å². The largest absolute Gasteiger partial charge is 0.342 e. The van der Waals surface area contributed by atoms with Gasteiger partial charge in [0.25, 0.3) is 0 Å². The van der Waals surface area contributed by atoms with Crippen molar-refractivity contribution >= 4 is 42.1 Å². The molecule has 1 atom stereocenters. The minimum Gasteiger partial charge on any atom is -0.342 e. The van der Waals surface area contributed by atoms with Crippen LogP contribution in [0.4, 0.5) is 0 Å². The zero-order valence-corrected chi connectivity index (χ0v) is 13.5. The number of thiazole rings is 1. The van der Waals surface area contributed by atoms with Gasteiger partial charge < -0.3 is 10.6 Å². The Morgan fingerprint density at radius 2 is 2.32 bits per heavy atom. The molecule has 1 aromatic heterocycles. The first-order valence-electron chi connectivity index (χ1n) is 6.10. The molecule has 2 heterocycles. The molecule has 0 aliphatic carbocycles. The smallest absolute Gasteiger partial charge is 0.223 e. The average Bonchev–Trinajstić information content (AvgIpc) is 2.76. The predicted molar refractivity (Wildman–Crippen MR) is 83.6 cm³/mol. The molecule has 4 nitrogen and oxygen atoms in total. The molecule has 1 aliphatic heterocycles. The number of carbonyl (C=O) groups is 1. The van der Waals surface area contributed by atoms with Crippen LogP contribution in [0.1, 0.15) is 35.9 Å². The third kappa shape index (κ3) is 4.91. The highest BCUT2D eigenvalue weighted by Gasteiger charge is 2.25. The molecule has 1 saturated heterocycles. The molecule has 19 heavy (non-hydrogen) atoms. The van der Waals surface area contributed by atoms with Crippen molar-refractivity contribution in [2.24, 2.45) is 5.73 Å². The molecule has 2 rings (SSSR count). The van der Waals surface area contributed by atoms with Gasteiger partial charge in [-0.05, 0) is 19.8 Å². The van der Waals surface area contributed by atoms with Crippen LogP contribution < -0.4 is 5.73 Å². The van der Waals surface area contributed by atoms with E-state index in [2.05, 4.69) is 10.4 Å². The molecule has 7 heteroatoms. The van der Waals surface area contributed by atoms with E-state index in [0.717, 1.165) is 31.6 Å². The standard InChI is InChI=1S/C12H19N3OS.2ClH/c1-9-8-17-12(14-9)10-3-2-6-15(7-10)11(16)4-5-13;;/h8,10H,2-7,13H2,1H3;2*1H. The Labute approximate surface area is 130 Å². The summed E-state index contributed by atoms with van der Waals surface area (Å²) in [6.07, 6.45) is 2.67. The lowest BCUT2D eigenvalue weighted by molar-refractivity contribution is -0.132. The molecule has 1 amide bonds. The molecule has 0 spiro atoms. The fraction of sp³-hybridized carbons (Fsp3) is 0.667. The quantitative estimate of drug-likeness (QED) is 0.927. The van der Waals surface area contributed by atoms with Crippen molar-refractivity contribution in [2.45, 2.75) is 32.1 Å². The molecule has 0 radical (unpaired) electrons. The second-order valence-electron chi connectivity index (χ2n) is 4.54. The molecule has 1 unspecified atom stereocenters. The molecule has 1 aromatic rings. The topological polar surface area (TPSA) is 59.2 Å². The third-order valence-corrected chi connectivity index (χ3v) is 4.24. The first kappa shape index (κ1) is 18.6. The Balaban J connectivity index is 0.00000162. The molecular formula is C12H21Cl2N3OS. The van der Waals surface area contributed by atoms with E-state index < -0.39 is 0 Å². The Morgan fingerprint density at radius 3 is 2.89 bits per heavy atom. The first-order chi connectivity index (χ1) is 8.20. The number of piperidine rings is 1. The minimum absolute atomic E-state index is 0. The molecule has 1 fully saturated rings. The Bertz CT molecular complexity index is 400. The van der Waals surface area contributed by atoms with E-state index in [9.17, 15) is 4.79 Å². The summed E-state index contributed by atoms with van der Waals surface area (Å²) in [4.78, 5) is 18.3. The van der Waals surface area contributed by atoms with Gasteiger partial charge in [-0.15, -0.1) is 36.2 Å². The Kier molecular flexibility index (Phi) is 8.57.